The molecule has 1 atom stereocenters. The summed E-state index contributed by atoms with van der Waals surface area (Å²) >= 11 is 0. The van der Waals surface area contributed by atoms with Crippen LogP contribution in [0.5, 0.6) is 0 Å². The molecular weight excluding hydrogens is 264 g/mol. The predicted octanol–water partition coefficient (Wildman–Crippen LogP) is 1.24. The third-order valence-corrected chi connectivity index (χ3v) is 3.11. The van der Waals surface area contributed by atoms with Crippen LogP contribution in [0.2, 0.25) is 0 Å². The van der Waals surface area contributed by atoms with Crippen molar-refractivity contribution in [2.24, 2.45) is 0 Å². The van der Waals surface area contributed by atoms with E-state index in [0.29, 0.717) is 0 Å². The van der Waals surface area contributed by atoms with Crippen LogP contribution in [0.3, 0.4) is 0 Å². The average Bonchev–Trinajstić information content (AvgIpc) is 2.46. The Morgan fingerprint density at radius 2 is 2.10 bits per heavy atom. The van der Waals surface area contributed by atoms with E-state index in [1.807, 2.05) is 30.3 Å². The van der Waals surface area contributed by atoms with Gasteiger partial charge in [0.05, 0.1) is 6.54 Å². The standard InChI is InChI=1S/C13H14N2O5/c16-12-6-7-14(8-11(12)15(18)19)13(17)20-9-10-4-2-1-3-5-10/h1-5,11H,6-9H2. The highest BCUT2D eigenvalue weighted by Gasteiger charge is 2.38. The van der Waals surface area contributed by atoms with Crippen LogP contribution in [0.1, 0.15) is 12.0 Å². The van der Waals surface area contributed by atoms with Gasteiger partial charge in [-0.15, -0.1) is 0 Å². The fourth-order valence-corrected chi connectivity index (χ4v) is 1.97. The molecule has 1 amide bonds. The van der Waals surface area contributed by atoms with Crippen molar-refractivity contribution in [3.05, 3.63) is 46.0 Å². The lowest BCUT2D eigenvalue weighted by Crippen LogP contribution is -2.50. The van der Waals surface area contributed by atoms with Gasteiger partial charge >= 0.3 is 6.09 Å². The zero-order valence-electron chi connectivity index (χ0n) is 10.7. The van der Waals surface area contributed by atoms with Crippen LogP contribution in [0.4, 0.5) is 4.79 Å². The monoisotopic (exact) mass is 278 g/mol. The van der Waals surface area contributed by atoms with E-state index in [1.165, 1.54) is 4.90 Å². The summed E-state index contributed by atoms with van der Waals surface area (Å²) in [5.74, 6) is -0.442. The summed E-state index contributed by atoms with van der Waals surface area (Å²) in [6, 6.07) is 7.79. The van der Waals surface area contributed by atoms with Gasteiger partial charge in [-0.1, -0.05) is 30.3 Å². The molecule has 0 spiro atoms. The Kier molecular flexibility index (Phi) is 4.29. The average molecular weight is 278 g/mol. The number of hydrogen-bond donors (Lipinski definition) is 0. The molecule has 0 bridgehead atoms. The fourth-order valence-electron chi connectivity index (χ4n) is 1.97. The van der Waals surface area contributed by atoms with Gasteiger partial charge in [-0.2, -0.15) is 0 Å². The van der Waals surface area contributed by atoms with E-state index in [2.05, 4.69) is 0 Å². The number of hydrogen-bond acceptors (Lipinski definition) is 5. The van der Waals surface area contributed by atoms with Gasteiger partial charge in [0, 0.05) is 17.9 Å². The zero-order chi connectivity index (χ0) is 14.5. The summed E-state index contributed by atoms with van der Waals surface area (Å²) < 4.78 is 5.08. The molecule has 0 radical (unpaired) electrons. The van der Waals surface area contributed by atoms with Crippen molar-refractivity contribution in [2.75, 3.05) is 13.1 Å². The Morgan fingerprint density at radius 1 is 1.40 bits per heavy atom. The number of piperidine rings is 1. The summed E-state index contributed by atoms with van der Waals surface area (Å²) in [6.07, 6.45) is -0.639. The normalized spacial score (nSPS) is 18.7. The molecule has 0 aliphatic carbocycles. The van der Waals surface area contributed by atoms with E-state index in [4.69, 9.17) is 4.74 Å². The zero-order valence-corrected chi connectivity index (χ0v) is 10.7. The maximum absolute atomic E-state index is 11.8. The van der Waals surface area contributed by atoms with Crippen LogP contribution >= 0.6 is 0 Å². The molecule has 1 saturated heterocycles. The van der Waals surface area contributed by atoms with E-state index in [0.717, 1.165) is 5.56 Å². The molecule has 1 aromatic carbocycles. The minimum Gasteiger partial charge on any atom is -0.445 e. The molecule has 1 unspecified atom stereocenters. The van der Waals surface area contributed by atoms with Gasteiger partial charge in [0.15, 0.2) is 0 Å². The number of carbonyl (C=O) groups excluding carboxylic acids is 2. The Balaban J connectivity index is 1.89. The number of ketones is 1. The van der Waals surface area contributed by atoms with E-state index in [1.54, 1.807) is 0 Å². The highest BCUT2D eigenvalue weighted by Crippen LogP contribution is 2.12. The SMILES string of the molecule is O=C1CCN(C(=O)OCc2ccccc2)CC1[N+](=O)[O-]. The lowest BCUT2D eigenvalue weighted by atomic mass is 10.1. The predicted molar refractivity (Wildman–Crippen MR) is 68.6 cm³/mol. The molecule has 0 aromatic heterocycles. The lowest BCUT2D eigenvalue weighted by molar-refractivity contribution is -0.508. The largest absolute Gasteiger partial charge is 0.445 e. The van der Waals surface area contributed by atoms with Gasteiger partial charge in [0.2, 0.25) is 5.78 Å². The molecule has 7 heteroatoms. The summed E-state index contributed by atoms with van der Waals surface area (Å²) in [4.78, 5) is 34.4. The number of ether oxygens (including phenoxy) is 1. The topological polar surface area (TPSA) is 89.8 Å². The van der Waals surface area contributed by atoms with Crippen LogP contribution in [0, 0.1) is 10.1 Å². The number of nitro groups is 1. The molecule has 2 rings (SSSR count). The molecule has 0 saturated carbocycles. The maximum atomic E-state index is 11.8. The number of rotatable bonds is 3. The first-order valence-electron chi connectivity index (χ1n) is 6.20. The highest BCUT2D eigenvalue weighted by atomic mass is 16.6. The molecule has 1 aliphatic rings. The lowest BCUT2D eigenvalue weighted by Gasteiger charge is -2.26. The number of benzene rings is 1. The van der Waals surface area contributed by atoms with Crippen molar-refractivity contribution in [3.8, 4) is 0 Å². The van der Waals surface area contributed by atoms with Gasteiger partial charge < -0.3 is 9.64 Å². The minimum absolute atomic E-state index is 0.00785. The number of nitrogens with zero attached hydrogens (tertiary/aromatic N) is 2. The Hall–Kier alpha value is -2.44. The van der Waals surface area contributed by atoms with Crippen molar-refractivity contribution >= 4 is 11.9 Å². The van der Waals surface area contributed by atoms with Crippen LogP contribution in [-0.4, -0.2) is 40.8 Å². The molecule has 106 valence electrons. The first-order valence-corrected chi connectivity index (χ1v) is 6.20. The van der Waals surface area contributed by atoms with E-state index >= 15 is 0 Å². The van der Waals surface area contributed by atoms with E-state index < -0.39 is 22.8 Å². The van der Waals surface area contributed by atoms with Gasteiger partial charge in [-0.25, -0.2) is 4.79 Å². The summed E-state index contributed by atoms with van der Waals surface area (Å²) in [6.45, 7) is 0.0451. The Labute approximate surface area is 115 Å². The Bertz CT molecular complexity index is 517. The molecule has 0 N–H and O–H groups in total. The van der Waals surface area contributed by atoms with Crippen molar-refractivity contribution < 1.29 is 19.2 Å². The summed E-state index contributed by atoms with van der Waals surface area (Å²) in [5.41, 5.74) is 0.833. The first kappa shape index (κ1) is 14.0. The van der Waals surface area contributed by atoms with Gasteiger partial charge in [-0.3, -0.25) is 14.9 Å². The van der Waals surface area contributed by atoms with Crippen LogP contribution < -0.4 is 0 Å². The van der Waals surface area contributed by atoms with Gasteiger partial charge in [0.1, 0.15) is 6.61 Å². The van der Waals surface area contributed by atoms with E-state index in [9.17, 15) is 19.7 Å². The van der Waals surface area contributed by atoms with Gasteiger partial charge in [0.25, 0.3) is 6.04 Å². The number of carbonyl (C=O) groups is 2. The van der Waals surface area contributed by atoms with Gasteiger partial charge in [-0.05, 0) is 5.56 Å². The van der Waals surface area contributed by atoms with Crippen molar-refractivity contribution in [1.29, 1.82) is 0 Å². The maximum Gasteiger partial charge on any atom is 0.410 e. The quantitative estimate of drug-likeness (QED) is 0.613. The second kappa shape index (κ2) is 6.14. The number of Topliss-reactive ketones (excluding diaryl/α,β-unsaturated/α-hetero) is 1. The Morgan fingerprint density at radius 3 is 2.75 bits per heavy atom. The third kappa shape index (κ3) is 3.31. The molecule has 1 heterocycles. The number of likely N-dealkylation sites (tertiary alicyclic amines) is 1. The molecule has 20 heavy (non-hydrogen) atoms. The molecule has 7 nitrogen and oxygen atoms in total. The van der Waals surface area contributed by atoms with Crippen molar-refractivity contribution in [3.63, 3.8) is 0 Å². The van der Waals surface area contributed by atoms with Crippen molar-refractivity contribution in [2.45, 2.75) is 19.1 Å². The summed E-state index contributed by atoms with van der Waals surface area (Å²) in [5, 5.41) is 10.7. The first-order chi connectivity index (χ1) is 9.58. The number of amides is 1. The minimum atomic E-state index is -1.34. The summed E-state index contributed by atoms with van der Waals surface area (Å²) in [7, 11) is 0. The smallest absolute Gasteiger partial charge is 0.410 e. The second-order valence-electron chi connectivity index (χ2n) is 4.50. The molecule has 1 fully saturated rings. The van der Waals surface area contributed by atoms with Crippen LogP contribution in [0.15, 0.2) is 30.3 Å². The second-order valence-corrected chi connectivity index (χ2v) is 4.50. The van der Waals surface area contributed by atoms with Crippen LogP contribution in [-0.2, 0) is 16.1 Å². The van der Waals surface area contributed by atoms with Crippen molar-refractivity contribution in [1.82, 2.24) is 4.90 Å². The van der Waals surface area contributed by atoms with E-state index in [-0.39, 0.29) is 26.1 Å². The molecule has 1 aliphatic heterocycles. The molecule has 1 aromatic rings. The molecular formula is C13H14N2O5. The van der Waals surface area contributed by atoms with Crippen LogP contribution in [0.25, 0.3) is 0 Å². The third-order valence-electron chi connectivity index (χ3n) is 3.11. The highest BCUT2D eigenvalue weighted by molar-refractivity contribution is 5.85. The fraction of sp³-hybridized carbons (Fsp3) is 0.385.